The first-order valence-electron chi connectivity index (χ1n) is 7.16. The molecule has 0 heterocycles. The molecule has 1 aromatic carbocycles. The number of rotatable bonds is 2. The first kappa shape index (κ1) is 12.5. The van der Waals surface area contributed by atoms with E-state index in [1.54, 1.807) is 0 Å². The van der Waals surface area contributed by atoms with Gasteiger partial charge in [0.25, 0.3) is 0 Å². The van der Waals surface area contributed by atoms with Crippen LogP contribution in [-0.2, 0) is 4.79 Å². The van der Waals surface area contributed by atoms with Crippen LogP contribution in [0.5, 0.6) is 0 Å². The Morgan fingerprint density at radius 2 is 1.74 bits per heavy atom. The quantitative estimate of drug-likeness (QED) is 0.800. The van der Waals surface area contributed by atoms with E-state index in [4.69, 9.17) is 10.8 Å². The predicted octanol–water partition coefficient (Wildman–Crippen LogP) is 3.41. The zero-order chi connectivity index (χ0) is 13.5. The molecule has 0 radical (unpaired) electrons. The van der Waals surface area contributed by atoms with Crippen molar-refractivity contribution in [3.8, 4) is 0 Å². The van der Waals surface area contributed by atoms with Gasteiger partial charge >= 0.3 is 5.97 Å². The molecule has 1 aromatic rings. The van der Waals surface area contributed by atoms with Crippen molar-refractivity contribution in [3.63, 3.8) is 0 Å². The lowest BCUT2D eigenvalue weighted by molar-refractivity contribution is -0.151. The lowest BCUT2D eigenvalue weighted by atomic mass is 9.54. The van der Waals surface area contributed by atoms with Gasteiger partial charge in [0.1, 0.15) is 0 Å². The summed E-state index contributed by atoms with van der Waals surface area (Å²) in [6.07, 6.45) is 6.55. The van der Waals surface area contributed by atoms with Gasteiger partial charge in [0.05, 0.1) is 5.92 Å². The zero-order valence-electron chi connectivity index (χ0n) is 11.1. The maximum Gasteiger partial charge on any atom is 0.306 e. The molecular weight excluding hydrogens is 238 g/mol. The van der Waals surface area contributed by atoms with E-state index in [1.807, 2.05) is 12.1 Å². The van der Waals surface area contributed by atoms with Crippen LogP contribution in [0.3, 0.4) is 0 Å². The number of hydrogen-bond donors (Lipinski definition) is 2. The first-order chi connectivity index (χ1) is 9.08. The Morgan fingerprint density at radius 3 is 2.26 bits per heavy atom. The van der Waals surface area contributed by atoms with Crippen molar-refractivity contribution in [2.24, 2.45) is 11.3 Å². The minimum atomic E-state index is -0.605. The van der Waals surface area contributed by atoms with Crippen LogP contribution in [0.2, 0.25) is 0 Å². The lowest BCUT2D eigenvalue weighted by Gasteiger charge is -2.50. The van der Waals surface area contributed by atoms with Crippen LogP contribution < -0.4 is 5.73 Å². The second-order valence-corrected chi connectivity index (χ2v) is 6.38. The monoisotopic (exact) mass is 259 g/mol. The van der Waals surface area contributed by atoms with E-state index in [0.29, 0.717) is 11.3 Å². The van der Waals surface area contributed by atoms with E-state index < -0.39 is 5.97 Å². The Balaban J connectivity index is 1.58. The fraction of sp³-hybridized carbons (Fsp3) is 0.562. The molecule has 102 valence electrons. The molecule has 0 saturated heterocycles. The molecule has 2 aliphatic carbocycles. The molecule has 2 saturated carbocycles. The molecule has 3 heteroatoms. The number of nitrogens with two attached hydrogens (primary N) is 1. The van der Waals surface area contributed by atoms with E-state index in [1.165, 1.54) is 31.2 Å². The number of carboxylic acid groups (broad SMARTS) is 1. The third kappa shape index (κ3) is 2.34. The fourth-order valence-electron chi connectivity index (χ4n) is 3.90. The molecule has 3 nitrogen and oxygen atoms in total. The van der Waals surface area contributed by atoms with Gasteiger partial charge in [-0.25, -0.2) is 0 Å². The predicted molar refractivity (Wildman–Crippen MR) is 74.9 cm³/mol. The van der Waals surface area contributed by atoms with Crippen molar-refractivity contribution < 1.29 is 9.90 Å². The fourth-order valence-corrected chi connectivity index (χ4v) is 3.90. The molecule has 0 amide bonds. The summed E-state index contributed by atoms with van der Waals surface area (Å²) in [5.74, 6) is -0.0468. The average molecular weight is 259 g/mol. The van der Waals surface area contributed by atoms with Crippen LogP contribution >= 0.6 is 0 Å². The highest BCUT2D eigenvalue weighted by Crippen LogP contribution is 2.57. The van der Waals surface area contributed by atoms with Gasteiger partial charge in [0.2, 0.25) is 0 Å². The van der Waals surface area contributed by atoms with Gasteiger partial charge in [-0.15, -0.1) is 0 Å². The van der Waals surface area contributed by atoms with Crippen molar-refractivity contribution in [1.82, 2.24) is 0 Å². The Bertz CT molecular complexity index is 464. The molecule has 2 fully saturated rings. The van der Waals surface area contributed by atoms with E-state index in [-0.39, 0.29) is 5.92 Å². The average Bonchev–Trinajstić information content (AvgIpc) is 2.37. The van der Waals surface area contributed by atoms with Crippen molar-refractivity contribution >= 4 is 11.7 Å². The Hall–Kier alpha value is -1.51. The summed E-state index contributed by atoms with van der Waals surface area (Å²) in [4.78, 5) is 10.9. The second kappa shape index (κ2) is 4.55. The van der Waals surface area contributed by atoms with Gasteiger partial charge in [0, 0.05) is 5.69 Å². The molecule has 0 aromatic heterocycles. The molecule has 1 spiro atoms. The van der Waals surface area contributed by atoms with Crippen molar-refractivity contribution in [2.45, 2.75) is 44.4 Å². The number of aliphatic carboxylic acids is 1. The van der Waals surface area contributed by atoms with Crippen LogP contribution in [0.25, 0.3) is 0 Å². The normalized spacial score (nSPS) is 33.9. The highest BCUT2D eigenvalue weighted by atomic mass is 16.4. The van der Waals surface area contributed by atoms with Crippen molar-refractivity contribution in [3.05, 3.63) is 29.8 Å². The Labute approximate surface area is 113 Å². The minimum absolute atomic E-state index is 0.0759. The van der Waals surface area contributed by atoms with Gasteiger partial charge in [0.15, 0.2) is 0 Å². The van der Waals surface area contributed by atoms with Gasteiger partial charge in [-0.2, -0.15) is 0 Å². The van der Waals surface area contributed by atoms with Gasteiger partial charge in [-0.1, -0.05) is 12.1 Å². The lowest BCUT2D eigenvalue weighted by Crippen LogP contribution is -2.43. The first-order valence-corrected chi connectivity index (χ1v) is 7.16. The number of benzene rings is 1. The van der Waals surface area contributed by atoms with E-state index >= 15 is 0 Å². The van der Waals surface area contributed by atoms with Crippen LogP contribution in [0, 0.1) is 11.3 Å². The summed E-state index contributed by atoms with van der Waals surface area (Å²) in [6, 6.07) is 8.23. The van der Waals surface area contributed by atoms with Gasteiger partial charge in [-0.3, -0.25) is 4.79 Å². The maximum absolute atomic E-state index is 10.9. The summed E-state index contributed by atoms with van der Waals surface area (Å²) in [5.41, 5.74) is 8.28. The third-order valence-corrected chi connectivity index (χ3v) is 5.16. The van der Waals surface area contributed by atoms with Crippen molar-refractivity contribution in [1.29, 1.82) is 0 Å². The molecule has 3 rings (SSSR count). The van der Waals surface area contributed by atoms with Gasteiger partial charge in [-0.05, 0) is 67.6 Å². The summed E-state index contributed by atoms with van der Waals surface area (Å²) in [6.45, 7) is 0. The summed E-state index contributed by atoms with van der Waals surface area (Å²) in [7, 11) is 0. The molecule has 0 unspecified atom stereocenters. The molecule has 0 bridgehead atoms. The summed E-state index contributed by atoms with van der Waals surface area (Å²) >= 11 is 0. The second-order valence-electron chi connectivity index (χ2n) is 6.38. The van der Waals surface area contributed by atoms with Crippen LogP contribution in [-0.4, -0.2) is 11.1 Å². The highest BCUT2D eigenvalue weighted by molar-refractivity contribution is 5.71. The molecular formula is C16H21NO2. The number of carbonyl (C=O) groups is 1. The SMILES string of the molecule is Nc1ccc(C2CCC3(CC2)CC(C(=O)O)C3)cc1. The highest BCUT2D eigenvalue weighted by Gasteiger charge is 2.48. The van der Waals surface area contributed by atoms with E-state index in [0.717, 1.165) is 18.5 Å². The van der Waals surface area contributed by atoms with Gasteiger partial charge < -0.3 is 10.8 Å². The number of hydrogen-bond acceptors (Lipinski definition) is 2. The zero-order valence-corrected chi connectivity index (χ0v) is 11.1. The topological polar surface area (TPSA) is 63.3 Å². The van der Waals surface area contributed by atoms with E-state index in [9.17, 15) is 4.79 Å². The standard InChI is InChI=1S/C16H21NO2/c17-14-3-1-11(2-4-14)12-5-7-16(8-6-12)9-13(10-16)15(18)19/h1-4,12-13H,5-10,17H2,(H,18,19). The Morgan fingerprint density at radius 1 is 1.16 bits per heavy atom. The van der Waals surface area contributed by atoms with Crippen LogP contribution in [0.1, 0.15) is 50.0 Å². The number of anilines is 1. The number of nitrogen functional groups attached to an aromatic ring is 1. The molecule has 19 heavy (non-hydrogen) atoms. The number of carboxylic acids is 1. The minimum Gasteiger partial charge on any atom is -0.481 e. The summed E-state index contributed by atoms with van der Waals surface area (Å²) < 4.78 is 0. The van der Waals surface area contributed by atoms with Crippen LogP contribution in [0.15, 0.2) is 24.3 Å². The smallest absolute Gasteiger partial charge is 0.306 e. The van der Waals surface area contributed by atoms with Crippen molar-refractivity contribution in [2.75, 3.05) is 5.73 Å². The molecule has 2 aliphatic rings. The van der Waals surface area contributed by atoms with Crippen LogP contribution in [0.4, 0.5) is 5.69 Å². The molecule has 0 atom stereocenters. The molecule has 0 aliphatic heterocycles. The largest absolute Gasteiger partial charge is 0.481 e. The summed E-state index contributed by atoms with van der Waals surface area (Å²) in [5, 5.41) is 8.99. The third-order valence-electron chi connectivity index (χ3n) is 5.16. The Kier molecular flexibility index (Phi) is 3.00. The molecule has 3 N–H and O–H groups in total. The van der Waals surface area contributed by atoms with E-state index in [2.05, 4.69) is 12.1 Å². The maximum atomic E-state index is 10.9.